The Morgan fingerprint density at radius 1 is 1.41 bits per heavy atom. The molecule has 7 heteroatoms. The molecular formula is C15H26FIN4O. The number of nitrogens with zero attached hydrogens (tertiary/aromatic N) is 2. The highest BCUT2D eigenvalue weighted by Crippen LogP contribution is 2.05. The van der Waals surface area contributed by atoms with Crippen LogP contribution in [-0.2, 0) is 11.3 Å². The zero-order valence-electron chi connectivity index (χ0n) is 13.4. The number of rotatable bonds is 8. The summed E-state index contributed by atoms with van der Waals surface area (Å²) >= 11 is 0. The van der Waals surface area contributed by atoms with Gasteiger partial charge in [0.2, 0.25) is 0 Å². The van der Waals surface area contributed by atoms with Gasteiger partial charge in [0.25, 0.3) is 0 Å². The molecule has 3 N–H and O–H groups in total. The van der Waals surface area contributed by atoms with Gasteiger partial charge in [0.05, 0.1) is 13.2 Å². The van der Waals surface area contributed by atoms with Crippen LogP contribution < -0.4 is 11.1 Å². The summed E-state index contributed by atoms with van der Waals surface area (Å²) in [6, 6.07) is 6.66. The first-order valence-corrected chi connectivity index (χ1v) is 6.99. The summed E-state index contributed by atoms with van der Waals surface area (Å²) < 4.78 is 17.8. The van der Waals surface area contributed by atoms with Crippen molar-refractivity contribution in [1.82, 2.24) is 10.2 Å². The number of guanidine groups is 1. The number of likely N-dealkylation sites (N-methyl/N-ethyl adjacent to an activating group) is 1. The van der Waals surface area contributed by atoms with Gasteiger partial charge in [0, 0.05) is 26.2 Å². The SMILES string of the molecule is COCC(C)NC(N)=NCCN(C)Cc1ccc(F)cc1.I. The van der Waals surface area contributed by atoms with E-state index in [4.69, 9.17) is 10.5 Å². The Labute approximate surface area is 149 Å². The number of nitrogens with two attached hydrogens (primary N) is 1. The van der Waals surface area contributed by atoms with Crippen LogP contribution in [0.15, 0.2) is 29.3 Å². The molecule has 0 spiro atoms. The summed E-state index contributed by atoms with van der Waals surface area (Å²) in [7, 11) is 3.64. The molecule has 126 valence electrons. The molecule has 1 atom stereocenters. The van der Waals surface area contributed by atoms with Crippen molar-refractivity contribution >= 4 is 29.9 Å². The molecule has 0 heterocycles. The Morgan fingerprint density at radius 2 is 2.05 bits per heavy atom. The van der Waals surface area contributed by atoms with Gasteiger partial charge in [-0.3, -0.25) is 4.99 Å². The van der Waals surface area contributed by atoms with E-state index in [2.05, 4.69) is 15.2 Å². The maximum absolute atomic E-state index is 12.8. The topological polar surface area (TPSA) is 62.9 Å². The Hall–Kier alpha value is -0.930. The van der Waals surface area contributed by atoms with Gasteiger partial charge in [0.15, 0.2) is 5.96 Å². The van der Waals surface area contributed by atoms with Crippen molar-refractivity contribution in [3.63, 3.8) is 0 Å². The fourth-order valence-electron chi connectivity index (χ4n) is 1.91. The molecule has 0 amide bonds. The van der Waals surface area contributed by atoms with Crippen molar-refractivity contribution in [3.8, 4) is 0 Å². The van der Waals surface area contributed by atoms with E-state index in [1.165, 1.54) is 12.1 Å². The lowest BCUT2D eigenvalue weighted by molar-refractivity contribution is 0.179. The molecule has 0 aromatic heterocycles. The maximum atomic E-state index is 12.8. The lowest BCUT2D eigenvalue weighted by atomic mass is 10.2. The molecule has 0 aliphatic rings. The molecule has 22 heavy (non-hydrogen) atoms. The van der Waals surface area contributed by atoms with E-state index >= 15 is 0 Å². The second-order valence-corrected chi connectivity index (χ2v) is 5.13. The van der Waals surface area contributed by atoms with E-state index in [-0.39, 0.29) is 35.8 Å². The van der Waals surface area contributed by atoms with Crippen molar-refractivity contribution in [2.45, 2.75) is 19.5 Å². The van der Waals surface area contributed by atoms with Crippen molar-refractivity contribution in [2.24, 2.45) is 10.7 Å². The largest absolute Gasteiger partial charge is 0.383 e. The first kappa shape index (κ1) is 21.1. The van der Waals surface area contributed by atoms with Crippen LogP contribution >= 0.6 is 24.0 Å². The number of hydrogen-bond acceptors (Lipinski definition) is 3. The zero-order chi connectivity index (χ0) is 15.7. The van der Waals surface area contributed by atoms with Crippen LogP contribution in [0.25, 0.3) is 0 Å². The summed E-state index contributed by atoms with van der Waals surface area (Å²) in [5.41, 5.74) is 6.86. The summed E-state index contributed by atoms with van der Waals surface area (Å²) in [4.78, 5) is 6.38. The van der Waals surface area contributed by atoms with Gasteiger partial charge < -0.3 is 20.7 Å². The number of benzene rings is 1. The van der Waals surface area contributed by atoms with E-state index in [0.29, 0.717) is 19.1 Å². The monoisotopic (exact) mass is 424 g/mol. The number of aliphatic imine (C=N–C) groups is 1. The first-order chi connectivity index (χ1) is 10.0. The molecule has 5 nitrogen and oxygen atoms in total. The molecule has 0 fully saturated rings. The quantitative estimate of drug-likeness (QED) is 0.380. The minimum Gasteiger partial charge on any atom is -0.383 e. The predicted molar refractivity (Wildman–Crippen MR) is 99.1 cm³/mol. The number of nitrogens with one attached hydrogen (secondary N) is 1. The highest BCUT2D eigenvalue weighted by molar-refractivity contribution is 14.0. The molecule has 0 saturated heterocycles. The minimum absolute atomic E-state index is 0. The summed E-state index contributed by atoms with van der Waals surface area (Å²) in [6.45, 7) is 4.70. The van der Waals surface area contributed by atoms with Crippen LogP contribution in [0, 0.1) is 5.82 Å². The molecule has 0 saturated carbocycles. The van der Waals surface area contributed by atoms with Gasteiger partial charge in [-0.05, 0) is 31.7 Å². The fraction of sp³-hybridized carbons (Fsp3) is 0.533. The van der Waals surface area contributed by atoms with Crippen molar-refractivity contribution in [2.75, 3.05) is 33.9 Å². The van der Waals surface area contributed by atoms with E-state index in [9.17, 15) is 4.39 Å². The Kier molecular flexibility index (Phi) is 11.1. The van der Waals surface area contributed by atoms with Gasteiger partial charge in [0.1, 0.15) is 5.82 Å². The van der Waals surface area contributed by atoms with E-state index in [1.807, 2.05) is 14.0 Å². The van der Waals surface area contributed by atoms with Crippen LogP contribution in [0.3, 0.4) is 0 Å². The third kappa shape index (κ3) is 9.16. The average Bonchev–Trinajstić information content (AvgIpc) is 2.41. The van der Waals surface area contributed by atoms with Crippen LogP contribution in [0.4, 0.5) is 4.39 Å². The van der Waals surface area contributed by atoms with E-state index < -0.39 is 0 Å². The van der Waals surface area contributed by atoms with Crippen molar-refractivity contribution < 1.29 is 9.13 Å². The minimum atomic E-state index is -0.213. The smallest absolute Gasteiger partial charge is 0.188 e. The third-order valence-electron chi connectivity index (χ3n) is 2.94. The molecule has 0 aliphatic heterocycles. The van der Waals surface area contributed by atoms with Gasteiger partial charge in [-0.25, -0.2) is 4.39 Å². The molecule has 1 rings (SSSR count). The average molecular weight is 424 g/mol. The highest BCUT2D eigenvalue weighted by atomic mass is 127. The zero-order valence-corrected chi connectivity index (χ0v) is 15.7. The molecule has 1 aromatic rings. The third-order valence-corrected chi connectivity index (χ3v) is 2.94. The van der Waals surface area contributed by atoms with Gasteiger partial charge >= 0.3 is 0 Å². The molecule has 0 aliphatic carbocycles. The fourth-order valence-corrected chi connectivity index (χ4v) is 1.91. The van der Waals surface area contributed by atoms with Crippen LogP contribution in [0.5, 0.6) is 0 Å². The normalized spacial score (nSPS) is 12.9. The predicted octanol–water partition coefficient (Wildman–Crippen LogP) is 1.81. The molecule has 1 aromatic carbocycles. The summed E-state index contributed by atoms with van der Waals surface area (Å²) in [5.74, 6) is 0.213. The number of hydrogen-bond donors (Lipinski definition) is 2. The molecular weight excluding hydrogens is 398 g/mol. The maximum Gasteiger partial charge on any atom is 0.188 e. The number of methoxy groups -OCH3 is 1. The summed E-state index contributed by atoms with van der Waals surface area (Å²) in [6.07, 6.45) is 0. The second kappa shape index (κ2) is 11.6. The number of ether oxygens (including phenoxy) is 1. The number of halogens is 2. The van der Waals surface area contributed by atoms with E-state index in [1.54, 1.807) is 19.2 Å². The molecule has 1 unspecified atom stereocenters. The van der Waals surface area contributed by atoms with Gasteiger partial charge in [-0.15, -0.1) is 24.0 Å². The van der Waals surface area contributed by atoms with Gasteiger partial charge in [-0.1, -0.05) is 12.1 Å². The second-order valence-electron chi connectivity index (χ2n) is 5.13. The molecule has 0 radical (unpaired) electrons. The Bertz CT molecular complexity index is 442. The van der Waals surface area contributed by atoms with Crippen LogP contribution in [0.2, 0.25) is 0 Å². The van der Waals surface area contributed by atoms with Gasteiger partial charge in [-0.2, -0.15) is 0 Å². The molecule has 0 bridgehead atoms. The lowest BCUT2D eigenvalue weighted by Crippen LogP contribution is -2.41. The summed E-state index contributed by atoms with van der Waals surface area (Å²) in [5, 5.41) is 3.05. The first-order valence-electron chi connectivity index (χ1n) is 6.99. The van der Waals surface area contributed by atoms with Crippen molar-refractivity contribution in [1.29, 1.82) is 0 Å². The Morgan fingerprint density at radius 3 is 2.64 bits per heavy atom. The lowest BCUT2D eigenvalue weighted by Gasteiger charge is -2.16. The standard InChI is InChI=1S/C15H25FN4O.HI/c1-12(11-21-3)19-15(17)18-8-9-20(2)10-13-4-6-14(16)7-5-13;/h4-7,12H,8-11H2,1-3H3,(H3,17,18,19);1H. The van der Waals surface area contributed by atoms with Crippen molar-refractivity contribution in [3.05, 3.63) is 35.6 Å². The highest BCUT2D eigenvalue weighted by Gasteiger charge is 2.03. The Balaban J connectivity index is 0.00000441. The van der Waals surface area contributed by atoms with Crippen LogP contribution in [0.1, 0.15) is 12.5 Å². The van der Waals surface area contributed by atoms with E-state index in [0.717, 1.165) is 18.7 Å². The van der Waals surface area contributed by atoms with Crippen LogP contribution in [-0.4, -0.2) is 50.8 Å².